The molecular weight excluding hydrogens is 564 g/mol. The second-order valence-electron chi connectivity index (χ2n) is 12.2. The van der Waals surface area contributed by atoms with E-state index in [0.717, 1.165) is 30.6 Å². The number of hydrogen-bond acceptors (Lipinski definition) is 8. The first kappa shape index (κ1) is 27.3. The van der Waals surface area contributed by atoms with Gasteiger partial charge in [-0.2, -0.15) is 4.40 Å². The number of alkyl halides is 2. The van der Waals surface area contributed by atoms with E-state index in [-0.39, 0.29) is 28.0 Å². The van der Waals surface area contributed by atoms with Crippen LogP contribution < -0.4 is 14.0 Å². The van der Waals surface area contributed by atoms with Gasteiger partial charge in [-0.15, -0.1) is 10.2 Å². The molecule has 1 aliphatic carbocycles. The van der Waals surface area contributed by atoms with Crippen molar-refractivity contribution >= 4 is 38.7 Å². The minimum absolute atomic E-state index is 0.0505. The summed E-state index contributed by atoms with van der Waals surface area (Å²) in [5.41, 5.74) is 0.222. The summed E-state index contributed by atoms with van der Waals surface area (Å²) >= 11 is 0.746. The van der Waals surface area contributed by atoms with E-state index < -0.39 is 32.6 Å². The zero-order valence-corrected chi connectivity index (χ0v) is 24.3. The zero-order chi connectivity index (χ0) is 28.6. The Bertz CT molecular complexity index is 1580. The van der Waals surface area contributed by atoms with Gasteiger partial charge in [-0.1, -0.05) is 11.3 Å². The third kappa shape index (κ3) is 5.14. The first-order valence-electron chi connectivity index (χ1n) is 13.2. The van der Waals surface area contributed by atoms with E-state index in [9.17, 15) is 22.0 Å². The predicted molar refractivity (Wildman–Crippen MR) is 143 cm³/mol. The van der Waals surface area contributed by atoms with E-state index >= 15 is 0 Å². The third-order valence-electron chi connectivity index (χ3n) is 7.54. The molecule has 2 saturated heterocycles. The Hall–Kier alpha value is -2.91. The lowest BCUT2D eigenvalue weighted by Crippen LogP contribution is -2.46. The van der Waals surface area contributed by atoms with Gasteiger partial charge in [-0.25, -0.2) is 31.7 Å². The van der Waals surface area contributed by atoms with Gasteiger partial charge in [-0.05, 0) is 58.9 Å². The molecule has 0 radical (unpaired) electrons. The van der Waals surface area contributed by atoms with Crippen LogP contribution in [0.15, 0.2) is 23.4 Å². The largest absolute Gasteiger partial charge is 0.444 e. The average molecular weight is 597 g/mol. The summed E-state index contributed by atoms with van der Waals surface area (Å²) in [5, 5.41) is 7.32. The van der Waals surface area contributed by atoms with Crippen LogP contribution in [0.3, 0.4) is 0 Å². The smallest absolute Gasteiger partial charge is 0.410 e. The van der Waals surface area contributed by atoms with Crippen LogP contribution in [0.2, 0.25) is 0 Å². The molecule has 3 aromatic rings. The molecular formula is C25H32F2N7O4S2+. The highest BCUT2D eigenvalue weighted by Crippen LogP contribution is 2.38. The Morgan fingerprint density at radius 3 is 2.67 bits per heavy atom. The van der Waals surface area contributed by atoms with Gasteiger partial charge in [-0.3, -0.25) is 0 Å². The van der Waals surface area contributed by atoms with E-state index in [4.69, 9.17) is 4.74 Å². The summed E-state index contributed by atoms with van der Waals surface area (Å²) in [6, 6.07) is 1.56. The molecule has 2 bridgehead atoms. The van der Waals surface area contributed by atoms with Gasteiger partial charge in [0.1, 0.15) is 22.9 Å². The highest BCUT2D eigenvalue weighted by Gasteiger charge is 2.45. The van der Waals surface area contributed by atoms with Crippen molar-refractivity contribution in [3.05, 3.63) is 23.5 Å². The number of halogens is 2. The Morgan fingerprint density at radius 1 is 1.27 bits per heavy atom. The van der Waals surface area contributed by atoms with Crippen LogP contribution in [0.25, 0.3) is 16.3 Å². The quantitative estimate of drug-likeness (QED) is 0.418. The first-order valence-corrected chi connectivity index (χ1v) is 15.5. The van der Waals surface area contributed by atoms with Crippen LogP contribution in [-0.4, -0.2) is 71.4 Å². The lowest BCUT2D eigenvalue weighted by Gasteiger charge is -2.34. The Balaban J connectivity index is 1.40. The molecule has 3 aromatic heterocycles. The second kappa shape index (κ2) is 9.31. The summed E-state index contributed by atoms with van der Waals surface area (Å²) in [7, 11) is -3.90. The molecule has 0 aromatic carbocycles. The number of amides is 1. The van der Waals surface area contributed by atoms with E-state index in [1.165, 1.54) is 6.20 Å². The fraction of sp³-hybridized carbons (Fsp3) is 0.600. The molecule has 2 N–H and O–H groups in total. The molecule has 5 heterocycles. The molecule has 11 nitrogen and oxygen atoms in total. The molecule has 1 amide bonds. The lowest BCUT2D eigenvalue weighted by atomic mass is 9.99. The van der Waals surface area contributed by atoms with Gasteiger partial charge in [0.25, 0.3) is 6.43 Å². The summed E-state index contributed by atoms with van der Waals surface area (Å²) in [5.74, 6) is 0.538. The van der Waals surface area contributed by atoms with Crippen molar-refractivity contribution in [3.8, 4) is 10.8 Å². The summed E-state index contributed by atoms with van der Waals surface area (Å²) in [4.78, 5) is 19.9. The van der Waals surface area contributed by atoms with Crippen LogP contribution >= 0.6 is 11.3 Å². The second-order valence-corrected chi connectivity index (χ2v) is 14.9. The number of rotatable bonds is 6. The van der Waals surface area contributed by atoms with Crippen molar-refractivity contribution in [1.29, 1.82) is 0 Å². The van der Waals surface area contributed by atoms with Crippen molar-refractivity contribution < 1.29 is 31.1 Å². The highest BCUT2D eigenvalue weighted by atomic mass is 32.2. The van der Waals surface area contributed by atoms with Gasteiger partial charge < -0.3 is 14.5 Å². The van der Waals surface area contributed by atoms with Gasteiger partial charge in [0.05, 0.1) is 11.7 Å². The Kier molecular flexibility index (Phi) is 6.35. The number of likely N-dealkylation sites (tertiary alicyclic amines) is 1. The molecule has 6 rings (SSSR count). The number of carbonyl (C=O) groups excluding carboxylic acids is 1. The number of aromatic amines is 1. The molecule has 0 spiro atoms. The van der Waals surface area contributed by atoms with Crippen LogP contribution in [-0.2, 0) is 14.8 Å². The van der Waals surface area contributed by atoms with Crippen molar-refractivity contribution in [3.63, 3.8) is 0 Å². The Labute approximate surface area is 234 Å². The van der Waals surface area contributed by atoms with Crippen LogP contribution in [0.4, 0.5) is 19.3 Å². The number of nitrogens with zero attached hydrogens (tertiary/aromatic N) is 5. The molecule has 40 heavy (non-hydrogen) atoms. The number of hydrogen-bond donors (Lipinski definition) is 2. The number of sulfonamides is 1. The molecule has 3 fully saturated rings. The highest BCUT2D eigenvalue weighted by molar-refractivity contribution is 7.89. The molecule has 3 aliphatic rings. The fourth-order valence-corrected chi connectivity index (χ4v) is 7.64. The van der Waals surface area contributed by atoms with Crippen molar-refractivity contribution in [2.75, 3.05) is 24.5 Å². The number of nitrogens with one attached hydrogen (secondary N) is 2. The van der Waals surface area contributed by atoms with Gasteiger partial charge >= 0.3 is 11.9 Å². The summed E-state index contributed by atoms with van der Waals surface area (Å²) < 4.78 is 63.6. The van der Waals surface area contributed by atoms with Crippen LogP contribution in [0.5, 0.6) is 0 Å². The minimum Gasteiger partial charge on any atom is -0.444 e. The number of imidazole rings is 1. The zero-order valence-electron chi connectivity index (χ0n) is 22.6. The number of anilines is 1. The maximum Gasteiger partial charge on any atom is 0.410 e. The number of piperidine rings is 1. The number of fused-ring (bicyclic) bond motifs is 3. The number of aromatic nitrogens is 4. The predicted octanol–water partition coefficient (Wildman–Crippen LogP) is 3.49. The summed E-state index contributed by atoms with van der Waals surface area (Å²) in [6.45, 7) is 9.04. The molecule has 2 atom stereocenters. The van der Waals surface area contributed by atoms with Crippen LogP contribution in [0, 0.1) is 5.92 Å². The van der Waals surface area contributed by atoms with E-state index in [1.54, 1.807) is 21.6 Å². The average Bonchev–Trinajstić information content (AvgIpc) is 3.21. The van der Waals surface area contributed by atoms with Crippen molar-refractivity contribution in [2.24, 2.45) is 5.92 Å². The topological polar surface area (TPSA) is 125 Å². The molecule has 2 unspecified atom stereocenters. The molecule has 2 aliphatic heterocycles. The standard InChI is InChI=1S/C25H31F2N7O4S2/c1-24(2,3)38-23(35)33-11-14-7-15(33)12-32(10-14)17-8-16(40(36,37)31-25(4)5-6-25)13-34-18(17)9-28-20(34)22-30-29-21(39-22)19(26)27/h8-9,13-15,19,31H,5-7,10-12H2,1-4H3/p+1. The molecule has 15 heteroatoms. The van der Waals surface area contributed by atoms with Gasteiger partial charge in [0.2, 0.25) is 15.0 Å². The van der Waals surface area contributed by atoms with Crippen molar-refractivity contribution in [2.45, 2.75) is 75.5 Å². The Morgan fingerprint density at radius 2 is 2.02 bits per heavy atom. The number of H-pyrrole nitrogens is 1. The van der Waals surface area contributed by atoms with Gasteiger partial charge in [0, 0.05) is 25.2 Å². The summed E-state index contributed by atoms with van der Waals surface area (Å²) in [6.07, 6.45) is 2.42. The lowest BCUT2D eigenvalue weighted by molar-refractivity contribution is -0.500. The van der Waals surface area contributed by atoms with Crippen molar-refractivity contribution in [1.82, 2.24) is 24.8 Å². The minimum atomic E-state index is -3.90. The van der Waals surface area contributed by atoms with Gasteiger partial charge in [0.15, 0.2) is 10.5 Å². The first-order chi connectivity index (χ1) is 18.7. The molecule has 216 valence electrons. The number of pyridine rings is 1. The van der Waals surface area contributed by atoms with Crippen LogP contribution in [0.1, 0.15) is 58.4 Å². The normalized spacial score (nSPS) is 22.4. The SMILES string of the molecule is CC1(NS(=O)(=O)c2cc(N3CC4CC(C3)N(C(=O)OC(C)(C)C)C4)c3c[nH]c(-c4nnc(C(F)F)s4)[n+]3c2)CC1. The molecule has 1 saturated carbocycles. The third-order valence-corrected chi connectivity index (χ3v) is 10.1. The number of ether oxygens (including phenoxy) is 1. The van der Waals surface area contributed by atoms with E-state index in [1.807, 2.05) is 27.7 Å². The maximum absolute atomic E-state index is 13.5. The van der Waals surface area contributed by atoms with E-state index in [2.05, 4.69) is 24.8 Å². The van der Waals surface area contributed by atoms with E-state index in [0.29, 0.717) is 36.7 Å². The maximum atomic E-state index is 13.5. The monoisotopic (exact) mass is 596 g/mol. The number of carbonyl (C=O) groups is 1. The fourth-order valence-electron chi connectivity index (χ4n) is 5.46.